The molecule has 1 atom stereocenters. The van der Waals surface area contributed by atoms with Crippen LogP contribution in [0.1, 0.15) is 16.5 Å². The van der Waals surface area contributed by atoms with Crippen LogP contribution in [0.4, 0.5) is 0 Å². The van der Waals surface area contributed by atoms with Crippen molar-refractivity contribution < 1.29 is 4.79 Å². The van der Waals surface area contributed by atoms with Gasteiger partial charge in [0.2, 0.25) is 0 Å². The van der Waals surface area contributed by atoms with Gasteiger partial charge in [-0.3, -0.25) is 0 Å². The molecule has 0 aliphatic carbocycles. The monoisotopic (exact) mass is 189 g/mol. The highest BCUT2D eigenvalue weighted by atomic mass is 32.1. The third-order valence-electron chi connectivity index (χ3n) is 2.45. The van der Waals surface area contributed by atoms with Gasteiger partial charge in [0.05, 0.1) is 11.6 Å². The Morgan fingerprint density at radius 2 is 2.38 bits per heavy atom. The van der Waals surface area contributed by atoms with E-state index in [-0.39, 0.29) is 5.92 Å². The van der Waals surface area contributed by atoms with Gasteiger partial charge in [-0.15, -0.1) is 11.3 Å². The van der Waals surface area contributed by atoms with Crippen molar-refractivity contribution in [2.75, 3.05) is 0 Å². The second kappa shape index (κ2) is 2.33. The number of aldehydes is 1. The molecule has 0 saturated heterocycles. The average molecular weight is 189 g/mol. The largest absolute Gasteiger partial charge is 0.319 e. The van der Waals surface area contributed by atoms with Gasteiger partial charge in [-0.05, 0) is 23.6 Å². The summed E-state index contributed by atoms with van der Waals surface area (Å²) in [6.07, 6.45) is 3.03. The molecule has 2 aromatic heterocycles. The molecule has 0 bridgehead atoms. The zero-order valence-electron chi connectivity index (χ0n) is 6.81. The highest BCUT2D eigenvalue weighted by Gasteiger charge is 2.28. The van der Waals surface area contributed by atoms with Gasteiger partial charge < -0.3 is 9.36 Å². The molecule has 2 aromatic rings. The van der Waals surface area contributed by atoms with E-state index in [1.807, 2.05) is 23.7 Å². The maximum absolute atomic E-state index is 10.9. The summed E-state index contributed by atoms with van der Waals surface area (Å²) >= 11 is 1.65. The molecule has 3 rings (SSSR count). The van der Waals surface area contributed by atoms with Gasteiger partial charge in [0, 0.05) is 16.8 Å². The standard InChI is InChI=1S/C10H7NOS/c12-6-7-8-2-1-4-11(8)9-3-5-13-10(7)9/h1-7H. The molecule has 2 nitrogen and oxygen atoms in total. The Kier molecular flexibility index (Phi) is 1.27. The molecule has 3 heteroatoms. The van der Waals surface area contributed by atoms with Gasteiger partial charge in [-0.25, -0.2) is 0 Å². The lowest BCUT2D eigenvalue weighted by Gasteiger charge is -1.98. The number of fused-ring (bicyclic) bond motifs is 3. The van der Waals surface area contributed by atoms with Crippen molar-refractivity contribution in [1.29, 1.82) is 0 Å². The molecular formula is C10H7NOS. The SMILES string of the molecule is O=CC1c2sccc2-n2cccc21. The minimum absolute atomic E-state index is 0.0370. The smallest absolute Gasteiger partial charge is 0.134 e. The Morgan fingerprint density at radius 3 is 3.23 bits per heavy atom. The summed E-state index contributed by atoms with van der Waals surface area (Å²) in [4.78, 5) is 12.1. The number of hydrogen-bond acceptors (Lipinski definition) is 2. The highest BCUT2D eigenvalue weighted by molar-refractivity contribution is 7.10. The van der Waals surface area contributed by atoms with E-state index in [4.69, 9.17) is 0 Å². The molecule has 0 amide bonds. The van der Waals surface area contributed by atoms with Crippen LogP contribution in [0.2, 0.25) is 0 Å². The van der Waals surface area contributed by atoms with Crippen molar-refractivity contribution in [2.45, 2.75) is 5.92 Å². The summed E-state index contributed by atoms with van der Waals surface area (Å²) in [7, 11) is 0. The molecule has 0 saturated carbocycles. The molecular weight excluding hydrogens is 182 g/mol. The zero-order valence-corrected chi connectivity index (χ0v) is 7.62. The van der Waals surface area contributed by atoms with Crippen molar-refractivity contribution in [3.63, 3.8) is 0 Å². The number of carbonyl (C=O) groups is 1. The second-order valence-corrected chi connectivity index (χ2v) is 4.03. The van der Waals surface area contributed by atoms with Crippen molar-refractivity contribution in [3.05, 3.63) is 40.3 Å². The Hall–Kier alpha value is -1.35. The summed E-state index contributed by atoms with van der Waals surface area (Å²) in [6, 6.07) is 6.05. The lowest BCUT2D eigenvalue weighted by molar-refractivity contribution is -0.108. The molecule has 1 aliphatic heterocycles. The molecule has 0 aromatic carbocycles. The molecule has 0 fully saturated rings. The van der Waals surface area contributed by atoms with Crippen LogP contribution < -0.4 is 0 Å². The van der Waals surface area contributed by atoms with E-state index in [0.717, 1.165) is 12.0 Å². The summed E-state index contributed by atoms with van der Waals surface area (Å²) in [5, 5.41) is 2.03. The van der Waals surface area contributed by atoms with Crippen LogP contribution in [0.25, 0.3) is 5.69 Å². The van der Waals surface area contributed by atoms with E-state index in [0.29, 0.717) is 0 Å². The van der Waals surface area contributed by atoms with Gasteiger partial charge in [0.15, 0.2) is 0 Å². The Labute approximate surface area is 79.4 Å². The number of aromatic nitrogens is 1. The Morgan fingerprint density at radius 1 is 1.46 bits per heavy atom. The van der Waals surface area contributed by atoms with E-state index >= 15 is 0 Å². The lowest BCUT2D eigenvalue weighted by atomic mass is 10.1. The third kappa shape index (κ3) is 0.748. The first-order valence-electron chi connectivity index (χ1n) is 4.12. The first-order chi connectivity index (χ1) is 6.42. The minimum atomic E-state index is -0.0370. The van der Waals surface area contributed by atoms with E-state index in [1.165, 1.54) is 10.6 Å². The predicted molar refractivity (Wildman–Crippen MR) is 51.6 cm³/mol. The first kappa shape index (κ1) is 7.09. The van der Waals surface area contributed by atoms with E-state index in [9.17, 15) is 4.79 Å². The van der Waals surface area contributed by atoms with E-state index < -0.39 is 0 Å². The highest BCUT2D eigenvalue weighted by Crippen LogP contribution is 2.39. The molecule has 3 heterocycles. The van der Waals surface area contributed by atoms with Crippen molar-refractivity contribution in [3.8, 4) is 5.69 Å². The van der Waals surface area contributed by atoms with Gasteiger partial charge in [-0.1, -0.05) is 0 Å². The zero-order chi connectivity index (χ0) is 8.84. The number of nitrogens with zero attached hydrogens (tertiary/aromatic N) is 1. The topological polar surface area (TPSA) is 22.0 Å². The lowest BCUT2D eigenvalue weighted by Crippen LogP contribution is -1.95. The Balaban J connectivity index is 2.36. The van der Waals surface area contributed by atoms with Crippen molar-refractivity contribution >= 4 is 17.6 Å². The van der Waals surface area contributed by atoms with Crippen LogP contribution in [0.15, 0.2) is 29.8 Å². The number of hydrogen-bond donors (Lipinski definition) is 0. The van der Waals surface area contributed by atoms with Crippen molar-refractivity contribution in [1.82, 2.24) is 4.57 Å². The predicted octanol–water partition coefficient (Wildman–Crippen LogP) is 2.18. The number of thiophene rings is 1. The van der Waals surface area contributed by atoms with E-state index in [2.05, 4.69) is 10.6 Å². The number of carbonyl (C=O) groups excluding carboxylic acids is 1. The quantitative estimate of drug-likeness (QED) is 0.630. The van der Waals surface area contributed by atoms with Gasteiger partial charge in [0.25, 0.3) is 0 Å². The first-order valence-corrected chi connectivity index (χ1v) is 5.00. The van der Waals surface area contributed by atoms with Crippen LogP contribution in [0.5, 0.6) is 0 Å². The summed E-state index contributed by atoms with van der Waals surface area (Å²) in [5.41, 5.74) is 2.26. The molecule has 1 unspecified atom stereocenters. The molecule has 64 valence electrons. The van der Waals surface area contributed by atoms with Gasteiger partial charge in [-0.2, -0.15) is 0 Å². The fourth-order valence-corrected chi connectivity index (χ4v) is 2.83. The van der Waals surface area contributed by atoms with Crippen LogP contribution in [0, 0.1) is 0 Å². The Bertz CT molecular complexity index is 428. The molecule has 1 aliphatic rings. The van der Waals surface area contributed by atoms with Gasteiger partial charge in [0.1, 0.15) is 6.29 Å². The van der Waals surface area contributed by atoms with Gasteiger partial charge >= 0.3 is 0 Å². The normalized spacial score (nSPS) is 18.3. The minimum Gasteiger partial charge on any atom is -0.319 e. The summed E-state index contributed by atoms with van der Waals surface area (Å²) in [5.74, 6) is -0.0370. The van der Waals surface area contributed by atoms with Crippen LogP contribution in [-0.2, 0) is 4.79 Å². The van der Waals surface area contributed by atoms with Crippen molar-refractivity contribution in [2.24, 2.45) is 0 Å². The molecule has 0 radical (unpaired) electrons. The molecule has 13 heavy (non-hydrogen) atoms. The molecule has 0 N–H and O–H groups in total. The fourth-order valence-electron chi connectivity index (χ4n) is 1.88. The fraction of sp³-hybridized carbons (Fsp3) is 0.100. The number of rotatable bonds is 1. The van der Waals surface area contributed by atoms with Crippen LogP contribution in [0.3, 0.4) is 0 Å². The van der Waals surface area contributed by atoms with E-state index in [1.54, 1.807) is 11.3 Å². The summed E-state index contributed by atoms with van der Waals surface area (Å²) in [6.45, 7) is 0. The average Bonchev–Trinajstić information content (AvgIpc) is 2.71. The second-order valence-electron chi connectivity index (χ2n) is 3.09. The maximum atomic E-state index is 10.9. The third-order valence-corrected chi connectivity index (χ3v) is 3.44. The summed E-state index contributed by atoms with van der Waals surface area (Å²) < 4.78 is 2.09. The van der Waals surface area contributed by atoms with Crippen LogP contribution >= 0.6 is 11.3 Å². The van der Waals surface area contributed by atoms with Crippen LogP contribution in [-0.4, -0.2) is 10.9 Å². The maximum Gasteiger partial charge on any atom is 0.134 e. The molecule has 0 spiro atoms.